The molecule has 0 amide bonds. The van der Waals surface area contributed by atoms with Gasteiger partial charge in [0, 0.05) is 18.8 Å². The Balaban J connectivity index is 0.907. The summed E-state index contributed by atoms with van der Waals surface area (Å²) in [6.07, 6.45) is 15.3. The molecule has 0 bridgehead atoms. The van der Waals surface area contributed by atoms with Gasteiger partial charge in [-0.15, -0.1) is 0 Å². The smallest absolute Gasteiger partial charge is 0.333 e. The number of rotatable bonds is 13. The third-order valence-corrected chi connectivity index (χ3v) is 18.2. The zero-order chi connectivity index (χ0) is 42.8. The number of hydrogen-bond donors (Lipinski definition) is 4. The second kappa shape index (κ2) is 16.4. The molecule has 6 aliphatic rings. The van der Waals surface area contributed by atoms with Crippen LogP contribution in [0.4, 0.5) is 0 Å². The molecule has 1 aromatic rings. The van der Waals surface area contributed by atoms with E-state index in [4.69, 9.17) is 9.47 Å². The topological polar surface area (TPSA) is 160 Å². The van der Waals surface area contributed by atoms with Crippen molar-refractivity contribution < 1.29 is 34.7 Å². The van der Waals surface area contributed by atoms with Crippen molar-refractivity contribution in [3.05, 3.63) is 44.8 Å². The Hall–Kier alpha value is -2.31. The van der Waals surface area contributed by atoms with Gasteiger partial charge < -0.3 is 29.9 Å². The van der Waals surface area contributed by atoms with E-state index in [9.17, 15) is 34.8 Å². The molecule has 5 aliphatic carbocycles. The van der Waals surface area contributed by atoms with Crippen molar-refractivity contribution in [2.75, 3.05) is 13.2 Å². The van der Waals surface area contributed by atoms with E-state index in [2.05, 4.69) is 54.5 Å². The maximum Gasteiger partial charge on any atom is 0.333 e. The third kappa shape index (κ3) is 7.46. The van der Waals surface area contributed by atoms with Crippen LogP contribution >= 0.6 is 0 Å². The molecule has 12 atom stereocenters. The van der Waals surface area contributed by atoms with E-state index in [-0.39, 0.29) is 51.6 Å². The number of aromatic nitrogens is 2. The van der Waals surface area contributed by atoms with Gasteiger partial charge in [0.15, 0.2) is 6.23 Å². The van der Waals surface area contributed by atoms with Crippen molar-refractivity contribution in [3.8, 4) is 0 Å². The fourth-order valence-electron chi connectivity index (χ4n) is 14.2. The second-order valence-electron chi connectivity index (χ2n) is 22.1. The summed E-state index contributed by atoms with van der Waals surface area (Å²) in [5, 5.41) is 41.0. The number of ether oxygens (including phenoxy) is 2. The normalized spacial score (nSPS) is 40.9. The molecule has 0 spiro atoms. The van der Waals surface area contributed by atoms with Gasteiger partial charge in [-0.3, -0.25) is 18.7 Å². The fourth-order valence-corrected chi connectivity index (χ4v) is 14.2. The van der Waals surface area contributed by atoms with Crippen molar-refractivity contribution in [2.45, 2.75) is 195 Å². The lowest BCUT2D eigenvalue weighted by molar-refractivity contribution is -0.206. The number of nitrogens with zero attached hydrogens (tertiary/aromatic N) is 2. The molecule has 1 saturated heterocycles. The Morgan fingerprint density at radius 3 is 2.20 bits per heavy atom. The number of carbonyl (C=O) groups excluding carboxylic acids is 1. The van der Waals surface area contributed by atoms with Crippen LogP contribution in [0.15, 0.2) is 33.5 Å². The Kier molecular flexibility index (Phi) is 12.5. The first-order valence-electron chi connectivity index (χ1n) is 23.3. The van der Waals surface area contributed by atoms with E-state index in [0.717, 1.165) is 99.0 Å². The van der Waals surface area contributed by atoms with Gasteiger partial charge in [-0.25, -0.2) is 4.79 Å². The van der Waals surface area contributed by atoms with E-state index in [1.54, 1.807) is 5.57 Å². The van der Waals surface area contributed by atoms with Gasteiger partial charge in [0.1, 0.15) is 18.3 Å². The summed E-state index contributed by atoms with van der Waals surface area (Å²) in [6.45, 7) is 17.3. The zero-order valence-corrected chi connectivity index (χ0v) is 37.2. The minimum atomic E-state index is -1.40. The molecule has 5 fully saturated rings. The second-order valence-corrected chi connectivity index (χ2v) is 22.1. The highest BCUT2D eigenvalue weighted by molar-refractivity contribution is 5.78. The predicted molar refractivity (Wildman–Crippen MR) is 226 cm³/mol. The highest BCUT2D eigenvalue weighted by Crippen LogP contribution is 2.75. The number of carbonyl (C=O) groups is 1. The van der Waals surface area contributed by atoms with Crippen LogP contribution in [0.25, 0.3) is 0 Å². The number of aliphatic hydroxyl groups excluding tert-OH is 4. The molecule has 4 saturated carbocycles. The van der Waals surface area contributed by atoms with Crippen molar-refractivity contribution in [2.24, 2.45) is 50.2 Å². The Morgan fingerprint density at radius 2 is 1.51 bits per heavy atom. The van der Waals surface area contributed by atoms with Gasteiger partial charge in [0.05, 0.1) is 24.7 Å². The van der Waals surface area contributed by atoms with Crippen molar-refractivity contribution >= 4 is 5.97 Å². The van der Waals surface area contributed by atoms with Crippen LogP contribution in [-0.2, 0) is 20.8 Å². The van der Waals surface area contributed by atoms with Crippen LogP contribution < -0.4 is 11.2 Å². The number of allylic oxidation sites excluding steroid dienone is 2. The molecule has 1 aliphatic heterocycles. The zero-order valence-electron chi connectivity index (χ0n) is 37.2. The number of esters is 1. The largest absolute Gasteiger partial charge is 0.465 e. The molecular formula is C48H76N2O9. The highest BCUT2D eigenvalue weighted by Gasteiger charge is 2.69. The molecule has 1 unspecified atom stereocenters. The lowest BCUT2D eigenvalue weighted by atomic mass is 9.33. The Bertz CT molecular complexity index is 1850. The summed E-state index contributed by atoms with van der Waals surface area (Å²) in [7, 11) is 0. The van der Waals surface area contributed by atoms with Gasteiger partial charge in [-0.1, -0.05) is 92.2 Å². The Morgan fingerprint density at radius 1 is 0.831 bits per heavy atom. The minimum absolute atomic E-state index is 0.0283. The van der Waals surface area contributed by atoms with Gasteiger partial charge in [0.2, 0.25) is 0 Å². The quantitative estimate of drug-likeness (QED) is 0.0928. The summed E-state index contributed by atoms with van der Waals surface area (Å²) in [4.78, 5) is 40.0. The van der Waals surface area contributed by atoms with Crippen molar-refractivity contribution in [1.82, 2.24) is 9.13 Å². The molecule has 59 heavy (non-hydrogen) atoms. The molecule has 2 heterocycles. The summed E-state index contributed by atoms with van der Waals surface area (Å²) < 4.78 is 14.0. The summed E-state index contributed by atoms with van der Waals surface area (Å²) in [6, 6.07) is 1.25. The van der Waals surface area contributed by atoms with Gasteiger partial charge in [-0.2, -0.15) is 0 Å². The standard InChI is InChI=1S/C48H76N2O9/c1-43(2)22-24-48(25-23-46(6)31(32(48)29-43)15-16-35-45(5)20-18-36(52)44(3,4)34(45)17-21-47(35,46)7)41(56)58-28-14-12-10-8-9-11-13-26-49-37(53)19-27-50(42(49)57)40-39(55)38(54)33(30-51)59-40/h15,19,27,32-36,38-40,51-52,54-55H,8-14,16-18,20-26,28-30H2,1-7H3/t32-,33+,34?,35+,36-,38+,39+,40+,45-,46+,47+,48-/m0/s1. The molecule has 11 heteroatoms. The number of fused-ring (bicyclic) bond motifs is 7. The number of unbranched alkanes of at least 4 members (excludes halogenated alkanes) is 6. The van der Waals surface area contributed by atoms with Crippen LogP contribution in [-0.4, -0.2) is 73.2 Å². The molecule has 0 aromatic carbocycles. The van der Waals surface area contributed by atoms with Crippen molar-refractivity contribution in [3.63, 3.8) is 0 Å². The molecule has 11 nitrogen and oxygen atoms in total. The number of hydrogen-bond acceptors (Lipinski definition) is 9. The first-order chi connectivity index (χ1) is 27.8. The van der Waals surface area contributed by atoms with Crippen LogP contribution in [0.1, 0.15) is 164 Å². The van der Waals surface area contributed by atoms with Crippen LogP contribution in [0.5, 0.6) is 0 Å². The van der Waals surface area contributed by atoms with E-state index in [0.29, 0.717) is 24.9 Å². The first-order valence-corrected chi connectivity index (χ1v) is 23.3. The van der Waals surface area contributed by atoms with Crippen LogP contribution in [0.2, 0.25) is 0 Å². The molecular weight excluding hydrogens is 749 g/mol. The maximum absolute atomic E-state index is 14.4. The maximum atomic E-state index is 14.4. The summed E-state index contributed by atoms with van der Waals surface area (Å²) >= 11 is 0. The van der Waals surface area contributed by atoms with E-state index in [1.807, 2.05) is 0 Å². The SMILES string of the molecule is CC1(C)CC[C@]2(C(=O)OCCCCCCCCCn3c(=O)ccn([C@@H]4O[C@H](CO)[C@@H](O)[C@H]4O)c3=O)CC[C@]3(C)C(=CC[C@@H]4[C@@]5(C)CC[C@H](O)C(C)(C)C5CC[C@]43C)[C@@H]2C1. The van der Waals surface area contributed by atoms with E-state index in [1.165, 1.54) is 25.1 Å². The first kappa shape index (κ1) is 44.7. The van der Waals surface area contributed by atoms with Crippen molar-refractivity contribution in [1.29, 1.82) is 0 Å². The summed E-state index contributed by atoms with van der Waals surface area (Å²) in [5.74, 6) is 1.34. The van der Waals surface area contributed by atoms with Crippen LogP contribution in [0.3, 0.4) is 0 Å². The molecule has 0 radical (unpaired) electrons. The highest BCUT2D eigenvalue weighted by atomic mass is 16.6. The third-order valence-electron chi connectivity index (χ3n) is 18.2. The van der Waals surface area contributed by atoms with E-state index >= 15 is 0 Å². The monoisotopic (exact) mass is 825 g/mol. The average molecular weight is 825 g/mol. The molecule has 4 N–H and O–H groups in total. The van der Waals surface area contributed by atoms with Gasteiger partial charge >= 0.3 is 11.7 Å². The average Bonchev–Trinajstić information content (AvgIpc) is 3.47. The fraction of sp³-hybridized carbons (Fsp3) is 0.854. The number of aliphatic hydroxyl groups is 4. The Labute approximate surface area is 352 Å². The lowest BCUT2D eigenvalue weighted by Crippen LogP contribution is -2.65. The minimum Gasteiger partial charge on any atom is -0.465 e. The van der Waals surface area contributed by atoms with Gasteiger partial charge in [0.25, 0.3) is 5.56 Å². The molecule has 332 valence electrons. The lowest BCUT2D eigenvalue weighted by Gasteiger charge is -2.71. The molecule has 7 rings (SSSR count). The molecule has 1 aromatic heterocycles. The van der Waals surface area contributed by atoms with Gasteiger partial charge in [-0.05, 0) is 122 Å². The van der Waals surface area contributed by atoms with Crippen LogP contribution in [0, 0.1) is 50.2 Å². The summed E-state index contributed by atoms with van der Waals surface area (Å²) in [5.41, 5.74) is 0.575. The van der Waals surface area contributed by atoms with E-state index < -0.39 is 47.8 Å². The predicted octanol–water partition coefficient (Wildman–Crippen LogP) is 7.06.